The quantitative estimate of drug-likeness (QED) is 0.646. The third kappa shape index (κ3) is 6.61. The van der Waals surface area contributed by atoms with Crippen LogP contribution in [0.25, 0.3) is 0 Å². The Labute approximate surface area is 103 Å². The van der Waals surface area contributed by atoms with Crippen molar-refractivity contribution < 1.29 is 19.4 Å². The van der Waals surface area contributed by atoms with Gasteiger partial charge in [-0.15, -0.1) is 0 Å². The molecule has 100 valence electrons. The van der Waals surface area contributed by atoms with E-state index in [0.717, 1.165) is 52.1 Å². The second-order valence-corrected chi connectivity index (χ2v) is 4.30. The lowest BCUT2D eigenvalue weighted by Crippen LogP contribution is -2.38. The van der Waals surface area contributed by atoms with E-state index in [1.165, 1.54) is 0 Å². The van der Waals surface area contributed by atoms with E-state index in [4.69, 9.17) is 14.6 Å². The number of nitrogens with zero attached hydrogens (tertiary/aromatic N) is 1. The molecule has 0 amide bonds. The average molecular weight is 245 g/mol. The third-order valence-corrected chi connectivity index (χ3v) is 2.94. The molecule has 1 N–H and O–H groups in total. The Morgan fingerprint density at radius 2 is 2.12 bits per heavy atom. The maximum absolute atomic E-state index is 10.4. The highest BCUT2D eigenvalue weighted by molar-refractivity contribution is 5.68. The van der Waals surface area contributed by atoms with Gasteiger partial charge < -0.3 is 19.5 Å². The van der Waals surface area contributed by atoms with Gasteiger partial charge in [0.15, 0.2) is 0 Å². The summed E-state index contributed by atoms with van der Waals surface area (Å²) in [5.41, 5.74) is 0. The molecule has 1 rings (SSSR count). The zero-order valence-corrected chi connectivity index (χ0v) is 10.6. The van der Waals surface area contributed by atoms with Crippen molar-refractivity contribution in [2.75, 3.05) is 39.5 Å². The molecule has 0 atom stereocenters. The fourth-order valence-electron chi connectivity index (χ4n) is 2.02. The number of piperidine rings is 1. The molecule has 0 saturated carbocycles. The number of hydrogen-bond acceptors (Lipinski definition) is 4. The lowest BCUT2D eigenvalue weighted by Gasteiger charge is -2.31. The maximum Gasteiger partial charge on any atom is 0.329 e. The van der Waals surface area contributed by atoms with Crippen LogP contribution >= 0.6 is 0 Å². The summed E-state index contributed by atoms with van der Waals surface area (Å²) < 4.78 is 10.6. The largest absolute Gasteiger partial charge is 0.480 e. The summed E-state index contributed by atoms with van der Waals surface area (Å²) in [6.45, 7) is 6.50. The van der Waals surface area contributed by atoms with Crippen LogP contribution in [-0.2, 0) is 14.3 Å². The van der Waals surface area contributed by atoms with E-state index in [1.807, 2.05) is 6.92 Å². The Morgan fingerprint density at radius 1 is 1.41 bits per heavy atom. The first-order valence-electron chi connectivity index (χ1n) is 6.36. The van der Waals surface area contributed by atoms with E-state index in [-0.39, 0.29) is 12.7 Å². The number of rotatable bonds is 8. The first kappa shape index (κ1) is 14.4. The molecule has 0 aromatic rings. The first-order chi connectivity index (χ1) is 8.22. The topological polar surface area (TPSA) is 59.0 Å². The zero-order chi connectivity index (χ0) is 12.5. The SMILES string of the molecule is CCOCCCN1CCC(OCC(=O)O)CC1. The summed E-state index contributed by atoms with van der Waals surface area (Å²) in [6, 6.07) is 0. The molecule has 0 unspecified atom stereocenters. The van der Waals surface area contributed by atoms with Crippen LogP contribution in [0.4, 0.5) is 0 Å². The Bertz CT molecular complexity index is 215. The molecule has 1 heterocycles. The number of carboxylic acids is 1. The van der Waals surface area contributed by atoms with E-state index in [0.29, 0.717) is 0 Å². The van der Waals surface area contributed by atoms with Gasteiger partial charge in [0.05, 0.1) is 6.10 Å². The van der Waals surface area contributed by atoms with Crippen LogP contribution in [-0.4, -0.2) is 61.5 Å². The number of likely N-dealkylation sites (tertiary alicyclic amines) is 1. The normalized spacial score (nSPS) is 18.4. The summed E-state index contributed by atoms with van der Waals surface area (Å²) in [6.07, 6.45) is 3.05. The van der Waals surface area contributed by atoms with Crippen molar-refractivity contribution in [2.24, 2.45) is 0 Å². The van der Waals surface area contributed by atoms with Crippen LogP contribution < -0.4 is 0 Å². The van der Waals surface area contributed by atoms with Crippen molar-refractivity contribution in [3.8, 4) is 0 Å². The van der Waals surface area contributed by atoms with Gasteiger partial charge in [0.2, 0.25) is 0 Å². The van der Waals surface area contributed by atoms with E-state index in [2.05, 4.69) is 4.90 Å². The highest BCUT2D eigenvalue weighted by atomic mass is 16.5. The summed E-state index contributed by atoms with van der Waals surface area (Å²) in [7, 11) is 0. The smallest absolute Gasteiger partial charge is 0.329 e. The van der Waals surface area contributed by atoms with E-state index in [9.17, 15) is 4.79 Å². The molecule has 1 aliphatic rings. The molecule has 1 aliphatic heterocycles. The Kier molecular flexibility index (Phi) is 7.16. The van der Waals surface area contributed by atoms with Crippen molar-refractivity contribution in [2.45, 2.75) is 32.3 Å². The predicted molar refractivity (Wildman–Crippen MR) is 64.2 cm³/mol. The Morgan fingerprint density at radius 3 is 2.71 bits per heavy atom. The van der Waals surface area contributed by atoms with Crippen LogP contribution in [0.2, 0.25) is 0 Å². The first-order valence-corrected chi connectivity index (χ1v) is 6.36. The molecule has 17 heavy (non-hydrogen) atoms. The fourth-order valence-corrected chi connectivity index (χ4v) is 2.02. The highest BCUT2D eigenvalue weighted by Crippen LogP contribution is 2.13. The van der Waals surface area contributed by atoms with Crippen LogP contribution in [0.1, 0.15) is 26.2 Å². The minimum atomic E-state index is -0.885. The lowest BCUT2D eigenvalue weighted by molar-refractivity contribution is -0.145. The second kappa shape index (κ2) is 8.44. The summed E-state index contributed by atoms with van der Waals surface area (Å²) in [5, 5.41) is 8.51. The number of ether oxygens (including phenoxy) is 2. The summed E-state index contributed by atoms with van der Waals surface area (Å²) >= 11 is 0. The molecule has 0 radical (unpaired) electrons. The Hall–Kier alpha value is -0.650. The molecule has 0 bridgehead atoms. The van der Waals surface area contributed by atoms with Gasteiger partial charge in [0.1, 0.15) is 6.61 Å². The average Bonchev–Trinajstić information content (AvgIpc) is 2.33. The maximum atomic E-state index is 10.4. The molecule has 0 aromatic heterocycles. The predicted octanol–water partition coefficient (Wildman–Crippen LogP) is 0.979. The molecule has 0 aromatic carbocycles. The van der Waals surface area contributed by atoms with Crippen molar-refractivity contribution in [3.63, 3.8) is 0 Å². The van der Waals surface area contributed by atoms with E-state index in [1.54, 1.807) is 0 Å². The molecule has 1 fully saturated rings. The number of hydrogen-bond donors (Lipinski definition) is 1. The standard InChI is InChI=1S/C12H23NO4/c1-2-16-9-3-6-13-7-4-11(5-8-13)17-10-12(14)15/h11H,2-10H2,1H3,(H,14,15). The minimum Gasteiger partial charge on any atom is -0.480 e. The molecular formula is C12H23NO4. The van der Waals surface area contributed by atoms with E-state index >= 15 is 0 Å². The van der Waals surface area contributed by atoms with Gasteiger partial charge >= 0.3 is 5.97 Å². The molecule has 5 heteroatoms. The molecule has 0 aliphatic carbocycles. The summed E-state index contributed by atoms with van der Waals surface area (Å²) in [4.78, 5) is 12.7. The second-order valence-electron chi connectivity index (χ2n) is 4.30. The van der Waals surface area contributed by atoms with Gasteiger partial charge in [0.25, 0.3) is 0 Å². The Balaban J connectivity index is 2.03. The molecule has 5 nitrogen and oxygen atoms in total. The number of carbonyl (C=O) groups is 1. The van der Waals surface area contributed by atoms with E-state index < -0.39 is 5.97 Å². The van der Waals surface area contributed by atoms with Gasteiger partial charge in [-0.3, -0.25) is 0 Å². The summed E-state index contributed by atoms with van der Waals surface area (Å²) in [5.74, 6) is -0.885. The van der Waals surface area contributed by atoms with Crippen molar-refractivity contribution in [1.29, 1.82) is 0 Å². The lowest BCUT2D eigenvalue weighted by atomic mass is 10.1. The van der Waals surface area contributed by atoms with Gasteiger partial charge in [0, 0.05) is 32.8 Å². The van der Waals surface area contributed by atoms with Crippen molar-refractivity contribution in [1.82, 2.24) is 4.90 Å². The van der Waals surface area contributed by atoms with Crippen molar-refractivity contribution >= 4 is 5.97 Å². The fraction of sp³-hybridized carbons (Fsp3) is 0.917. The van der Waals surface area contributed by atoms with Crippen LogP contribution in [0.3, 0.4) is 0 Å². The van der Waals surface area contributed by atoms with Gasteiger partial charge in [-0.2, -0.15) is 0 Å². The number of carboxylic acid groups (broad SMARTS) is 1. The van der Waals surface area contributed by atoms with Gasteiger partial charge in [-0.25, -0.2) is 4.79 Å². The molecule has 0 spiro atoms. The molecular weight excluding hydrogens is 222 g/mol. The third-order valence-electron chi connectivity index (χ3n) is 2.94. The minimum absolute atomic E-state index is 0.120. The number of aliphatic carboxylic acids is 1. The monoisotopic (exact) mass is 245 g/mol. The van der Waals surface area contributed by atoms with Crippen LogP contribution in [0.5, 0.6) is 0 Å². The zero-order valence-electron chi connectivity index (χ0n) is 10.6. The van der Waals surface area contributed by atoms with Crippen molar-refractivity contribution in [3.05, 3.63) is 0 Å². The van der Waals surface area contributed by atoms with Gasteiger partial charge in [-0.1, -0.05) is 0 Å². The van der Waals surface area contributed by atoms with Gasteiger partial charge in [-0.05, 0) is 26.2 Å². The highest BCUT2D eigenvalue weighted by Gasteiger charge is 2.19. The van der Waals surface area contributed by atoms with Crippen LogP contribution in [0.15, 0.2) is 0 Å². The molecule has 1 saturated heterocycles. The van der Waals surface area contributed by atoms with Crippen LogP contribution in [0, 0.1) is 0 Å².